The van der Waals surface area contributed by atoms with Gasteiger partial charge in [0.1, 0.15) is 42.2 Å². The third-order valence-electron chi connectivity index (χ3n) is 14.4. The molecule has 3 N–H and O–H groups in total. The van der Waals surface area contributed by atoms with E-state index in [1.807, 2.05) is 36.4 Å². The summed E-state index contributed by atoms with van der Waals surface area (Å²) in [5.41, 5.74) is 0.0606. The molecular weight excluding hydrogens is 813 g/mol. The number of carbonyl (C=O) groups excluding carboxylic acids is 4. The Bertz CT molecular complexity index is 2190. The number of nitrogens with zero attached hydrogens (tertiary/aromatic N) is 3. The summed E-state index contributed by atoms with van der Waals surface area (Å²) in [5, 5.41) is 6.74. The molecule has 4 aliphatic heterocycles. The number of allylic oxidation sites excluding steroid dienone is 1. The highest BCUT2D eigenvalue weighted by Gasteiger charge is 2.63. The first-order chi connectivity index (χ1) is 29.9. The Labute approximate surface area is 364 Å². The Morgan fingerprint density at radius 3 is 2.60 bits per heavy atom. The standard InChI is InChI=1S/C46H62N6O9S/c1-45(20-21-45)62(57,58)50-43(55)46-28-31(46)15-7-3-2-4-9-19-36-42(54)52-29-32(27-37(52)40(53)49-46)60-41-34(17-8-5-6-14-30-26-38(30)61-44(56)48-36)39(33-16-10-11-18-35(33)47-41)59-25-24-51-22-12-13-23-51/h7,10-11,15-16,18,30-32,36-38H,2-6,8-9,12-14,17,19-29H2,1H3,(H,48,56)(H,49,53)(H,50,55)/t30-,31-,32-,36+,37+,38-,46-/m1/s1. The van der Waals surface area contributed by atoms with E-state index < -0.39 is 68.2 Å². The van der Waals surface area contributed by atoms with Crippen molar-refractivity contribution in [1.82, 2.24) is 30.1 Å². The van der Waals surface area contributed by atoms with E-state index in [0.29, 0.717) is 56.5 Å². The van der Waals surface area contributed by atoms with E-state index in [-0.39, 0.29) is 31.4 Å². The Morgan fingerprint density at radius 2 is 1.77 bits per heavy atom. The quantitative estimate of drug-likeness (QED) is 0.317. The van der Waals surface area contributed by atoms with Crippen LogP contribution in [0.5, 0.6) is 11.6 Å². The fraction of sp³-hybridized carbons (Fsp3) is 0.674. The van der Waals surface area contributed by atoms with E-state index in [2.05, 4.69) is 20.3 Å². The highest BCUT2D eigenvalue weighted by atomic mass is 32.2. The van der Waals surface area contributed by atoms with Crippen LogP contribution in [0.25, 0.3) is 10.9 Å². The van der Waals surface area contributed by atoms with Crippen LogP contribution in [0, 0.1) is 11.8 Å². The average molecular weight is 875 g/mol. The van der Waals surface area contributed by atoms with Gasteiger partial charge in [-0.25, -0.2) is 18.2 Å². The summed E-state index contributed by atoms with van der Waals surface area (Å²) in [7, 11) is -3.99. The van der Waals surface area contributed by atoms with Crippen molar-refractivity contribution in [2.75, 3.05) is 32.8 Å². The molecule has 16 heteroatoms. The average Bonchev–Trinajstić information content (AvgIpc) is 4.19. The number of benzene rings is 1. The molecule has 15 nitrogen and oxygen atoms in total. The Morgan fingerprint density at radius 1 is 0.984 bits per heavy atom. The Kier molecular flexibility index (Phi) is 12.2. The molecule has 0 unspecified atom stereocenters. The highest BCUT2D eigenvalue weighted by Crippen LogP contribution is 2.48. The summed E-state index contributed by atoms with van der Waals surface area (Å²) in [6.45, 7) is 5.07. The van der Waals surface area contributed by atoms with Crippen LogP contribution in [0.1, 0.15) is 115 Å². The number of nitrogens with one attached hydrogen (secondary N) is 3. The fourth-order valence-electron chi connectivity index (χ4n) is 9.94. The van der Waals surface area contributed by atoms with Gasteiger partial charge in [-0.15, -0.1) is 0 Å². The second-order valence-corrected chi connectivity index (χ2v) is 21.3. The van der Waals surface area contributed by atoms with Crippen LogP contribution >= 0.6 is 0 Å². The molecule has 5 heterocycles. The molecule has 9 rings (SSSR count). The fourth-order valence-corrected chi connectivity index (χ4v) is 11.2. The van der Waals surface area contributed by atoms with Crippen LogP contribution in [0.3, 0.4) is 0 Å². The lowest BCUT2D eigenvalue weighted by atomic mass is 10.0. The maximum Gasteiger partial charge on any atom is 0.408 e. The van der Waals surface area contributed by atoms with Gasteiger partial charge in [0, 0.05) is 24.3 Å². The van der Waals surface area contributed by atoms with Gasteiger partial charge in [-0.2, -0.15) is 0 Å². The predicted molar refractivity (Wildman–Crippen MR) is 231 cm³/mol. The van der Waals surface area contributed by atoms with Gasteiger partial charge < -0.3 is 29.7 Å². The summed E-state index contributed by atoms with van der Waals surface area (Å²) in [5.74, 6) is -0.815. The van der Waals surface area contributed by atoms with Crippen LogP contribution in [0.15, 0.2) is 36.4 Å². The summed E-state index contributed by atoms with van der Waals surface area (Å²) in [4.78, 5) is 65.9. The largest absolute Gasteiger partial charge is 0.491 e. The van der Waals surface area contributed by atoms with Gasteiger partial charge in [-0.3, -0.25) is 24.0 Å². The van der Waals surface area contributed by atoms with Crippen LogP contribution in [-0.4, -0.2) is 114 Å². The predicted octanol–water partition coefficient (Wildman–Crippen LogP) is 5.05. The molecule has 4 amide bonds. The molecule has 0 radical (unpaired) electrons. The number of hydrogen-bond acceptors (Lipinski definition) is 11. The van der Waals surface area contributed by atoms with Crippen LogP contribution < -0.4 is 24.8 Å². The monoisotopic (exact) mass is 874 g/mol. The normalized spacial score (nSPS) is 31.6. The van der Waals surface area contributed by atoms with Gasteiger partial charge in [0.25, 0.3) is 5.91 Å². The SMILES string of the molecule is CC1(S(=O)(=O)NC(=O)[C@@]23C[C@H]2C=CCCCCC[C@@H]2NC(=O)O[C@@H]4C[C@H]4CCCCCc4c(nc5ccccc5c4OCCN4CCCC4)O[C@@H]4C[C@@H](C(=O)N3)N(C4)C2=O)CC1. The minimum Gasteiger partial charge on any atom is -0.491 e. The molecule has 1 aromatic carbocycles. The maximum absolute atomic E-state index is 14.8. The Balaban J connectivity index is 1.05. The molecule has 7 aliphatic rings. The van der Waals surface area contributed by atoms with Gasteiger partial charge in [0.15, 0.2) is 0 Å². The van der Waals surface area contributed by atoms with Crippen molar-refractivity contribution in [1.29, 1.82) is 0 Å². The minimum absolute atomic E-state index is 0.0171. The number of likely N-dealkylation sites (tertiary alicyclic amines) is 1. The molecule has 5 fully saturated rings. The first kappa shape index (κ1) is 42.8. The molecule has 3 aliphatic carbocycles. The number of fused-ring (bicyclic) bond motifs is 6. The topological polar surface area (TPSA) is 186 Å². The number of carbonyl (C=O) groups is 4. The molecule has 3 bridgehead atoms. The van der Waals surface area contributed by atoms with E-state index in [0.717, 1.165) is 81.3 Å². The first-order valence-electron chi connectivity index (χ1n) is 23.2. The second kappa shape index (κ2) is 17.6. The summed E-state index contributed by atoms with van der Waals surface area (Å²) >= 11 is 0. The van der Waals surface area contributed by atoms with E-state index >= 15 is 0 Å². The number of aromatic nitrogens is 1. The molecule has 1 aromatic heterocycles. The van der Waals surface area contributed by atoms with E-state index in [1.54, 1.807) is 6.92 Å². The number of amides is 4. The number of ether oxygens (including phenoxy) is 3. The molecule has 62 heavy (non-hydrogen) atoms. The molecule has 3 saturated carbocycles. The molecule has 7 atom stereocenters. The first-order valence-corrected chi connectivity index (χ1v) is 24.7. The number of alkyl carbamates (subject to hydrolysis) is 1. The number of rotatable bonds is 7. The van der Waals surface area contributed by atoms with Crippen molar-refractivity contribution in [3.63, 3.8) is 0 Å². The summed E-state index contributed by atoms with van der Waals surface area (Å²) in [6.07, 6.45) is 14.4. The van der Waals surface area contributed by atoms with Crippen LogP contribution in [0.4, 0.5) is 4.79 Å². The van der Waals surface area contributed by atoms with Crippen molar-refractivity contribution in [3.05, 3.63) is 42.0 Å². The lowest BCUT2D eigenvalue weighted by molar-refractivity contribution is -0.141. The van der Waals surface area contributed by atoms with Gasteiger partial charge in [-0.05, 0) is 115 Å². The lowest BCUT2D eigenvalue weighted by Gasteiger charge is -2.30. The van der Waals surface area contributed by atoms with E-state index in [1.165, 1.54) is 17.7 Å². The summed E-state index contributed by atoms with van der Waals surface area (Å²) < 4.78 is 47.3. The van der Waals surface area contributed by atoms with Gasteiger partial charge in [0.05, 0.1) is 22.4 Å². The van der Waals surface area contributed by atoms with Crippen LogP contribution in [0.2, 0.25) is 0 Å². The lowest BCUT2D eigenvalue weighted by Crippen LogP contribution is -2.58. The van der Waals surface area contributed by atoms with Crippen molar-refractivity contribution in [3.8, 4) is 11.6 Å². The zero-order valence-electron chi connectivity index (χ0n) is 35.9. The van der Waals surface area contributed by atoms with E-state index in [4.69, 9.17) is 19.2 Å². The van der Waals surface area contributed by atoms with Gasteiger partial charge in [0.2, 0.25) is 27.7 Å². The minimum atomic E-state index is -3.99. The third-order valence-corrected chi connectivity index (χ3v) is 16.6. The van der Waals surface area contributed by atoms with E-state index in [9.17, 15) is 27.6 Å². The summed E-state index contributed by atoms with van der Waals surface area (Å²) in [6, 6.07) is 5.81. The van der Waals surface area contributed by atoms with Gasteiger partial charge in [-0.1, -0.05) is 50.0 Å². The third kappa shape index (κ3) is 9.13. The molecule has 336 valence electrons. The Hall–Kier alpha value is -4.44. The zero-order chi connectivity index (χ0) is 43.1. The number of sulfonamides is 1. The highest BCUT2D eigenvalue weighted by molar-refractivity contribution is 7.91. The van der Waals surface area contributed by atoms with Crippen molar-refractivity contribution < 1.29 is 41.8 Å². The number of para-hydroxylation sites is 1. The molecule has 0 spiro atoms. The maximum atomic E-state index is 14.8. The zero-order valence-corrected chi connectivity index (χ0v) is 36.7. The number of hydrogen-bond donors (Lipinski definition) is 3. The van der Waals surface area contributed by atoms with Crippen molar-refractivity contribution in [2.45, 2.75) is 151 Å². The van der Waals surface area contributed by atoms with Crippen molar-refractivity contribution in [2.24, 2.45) is 11.8 Å². The molecular formula is C46H62N6O9S. The van der Waals surface area contributed by atoms with Gasteiger partial charge >= 0.3 is 6.09 Å². The molecule has 2 saturated heterocycles. The smallest absolute Gasteiger partial charge is 0.408 e. The molecule has 2 aromatic rings. The second-order valence-electron chi connectivity index (χ2n) is 19.1. The van der Waals surface area contributed by atoms with Crippen LogP contribution in [-0.2, 0) is 35.6 Å². The van der Waals surface area contributed by atoms with Crippen molar-refractivity contribution >= 4 is 44.7 Å². The number of pyridine rings is 1.